The lowest BCUT2D eigenvalue weighted by molar-refractivity contribution is -0.140. The first-order valence-electron chi connectivity index (χ1n) is 14.0. The van der Waals surface area contributed by atoms with E-state index >= 15 is 4.39 Å². The number of nitrogens with one attached hydrogen (secondary N) is 2. The Balaban J connectivity index is 1.46. The van der Waals surface area contributed by atoms with Crippen LogP contribution in [0.15, 0.2) is 55.4 Å². The number of benzene rings is 2. The summed E-state index contributed by atoms with van der Waals surface area (Å²) in [5, 5.41) is 7.34. The van der Waals surface area contributed by atoms with Crippen molar-refractivity contribution in [1.29, 1.82) is 0 Å². The van der Waals surface area contributed by atoms with Crippen LogP contribution in [0.2, 0.25) is 0 Å². The molecule has 2 N–H and O–H groups in total. The van der Waals surface area contributed by atoms with E-state index in [1.165, 1.54) is 42.8 Å². The van der Waals surface area contributed by atoms with Gasteiger partial charge in [0.15, 0.2) is 5.82 Å². The Kier molecular flexibility index (Phi) is 8.92. The van der Waals surface area contributed by atoms with Gasteiger partial charge in [-0.25, -0.2) is 19.4 Å². The summed E-state index contributed by atoms with van der Waals surface area (Å²) >= 11 is 0. The number of aromatic nitrogens is 2. The van der Waals surface area contributed by atoms with Crippen molar-refractivity contribution in [3.05, 3.63) is 72.3 Å². The number of carbonyl (C=O) groups excluding carboxylic acids is 1. The molecule has 2 aliphatic rings. The van der Waals surface area contributed by atoms with Crippen molar-refractivity contribution >= 4 is 34.6 Å². The number of likely N-dealkylation sites (N-methyl/N-ethyl adjacent to an activating group) is 1. The van der Waals surface area contributed by atoms with Crippen LogP contribution in [0, 0.1) is 5.82 Å². The third-order valence-electron chi connectivity index (χ3n) is 7.80. The Morgan fingerprint density at radius 3 is 2.68 bits per heavy atom. The van der Waals surface area contributed by atoms with Gasteiger partial charge in [-0.15, -0.1) is 0 Å². The van der Waals surface area contributed by atoms with E-state index in [1.54, 1.807) is 6.07 Å². The van der Waals surface area contributed by atoms with Gasteiger partial charge in [-0.3, -0.25) is 9.63 Å². The average Bonchev–Trinajstić information content (AvgIpc) is 3.48. The van der Waals surface area contributed by atoms with Gasteiger partial charge in [-0.05, 0) is 32.2 Å². The van der Waals surface area contributed by atoms with E-state index in [9.17, 15) is 18.0 Å². The summed E-state index contributed by atoms with van der Waals surface area (Å²) < 4.78 is 60.9. The zero-order valence-corrected chi connectivity index (χ0v) is 24.5. The minimum Gasteiger partial charge on any atom is -0.494 e. The molecule has 2 aromatic carbocycles. The molecule has 2 fully saturated rings. The number of hydrogen-bond donors (Lipinski definition) is 2. The summed E-state index contributed by atoms with van der Waals surface area (Å²) in [6.07, 6.45) is -2.15. The van der Waals surface area contributed by atoms with Gasteiger partial charge >= 0.3 is 6.18 Å². The van der Waals surface area contributed by atoms with Crippen LogP contribution < -0.4 is 25.3 Å². The minimum atomic E-state index is -4.84. The second kappa shape index (κ2) is 12.7. The summed E-state index contributed by atoms with van der Waals surface area (Å²) in [7, 11) is 3.59. The fraction of sp³-hybridized carbons (Fsp3) is 0.367. The normalized spacial score (nSPS) is 19.2. The van der Waals surface area contributed by atoms with Crippen molar-refractivity contribution in [3.63, 3.8) is 0 Å². The van der Waals surface area contributed by atoms with E-state index in [2.05, 4.69) is 51.0 Å². The molecular weight excluding hydrogens is 582 g/mol. The monoisotopic (exact) mass is 615 g/mol. The second-order valence-corrected chi connectivity index (χ2v) is 10.6. The maximum absolute atomic E-state index is 15.0. The fourth-order valence-electron chi connectivity index (χ4n) is 5.33. The smallest absolute Gasteiger partial charge is 0.419 e. The van der Waals surface area contributed by atoms with E-state index in [4.69, 9.17) is 9.57 Å². The van der Waals surface area contributed by atoms with Crippen molar-refractivity contribution < 1.29 is 31.9 Å². The molecule has 44 heavy (non-hydrogen) atoms. The molecule has 1 amide bonds. The number of hydroxylamine groups is 1. The Morgan fingerprint density at radius 1 is 1.18 bits per heavy atom. The van der Waals surface area contributed by atoms with Gasteiger partial charge in [0.05, 0.1) is 42.4 Å². The molecule has 2 aliphatic heterocycles. The van der Waals surface area contributed by atoms with Crippen molar-refractivity contribution in [3.8, 4) is 5.75 Å². The number of amides is 1. The molecule has 234 valence electrons. The first kappa shape index (κ1) is 31.0. The van der Waals surface area contributed by atoms with Crippen LogP contribution >= 0.6 is 0 Å². The third-order valence-corrected chi connectivity index (χ3v) is 7.80. The highest BCUT2D eigenvalue weighted by atomic mass is 19.4. The maximum Gasteiger partial charge on any atom is 0.419 e. The Bertz CT molecular complexity index is 1540. The number of piperazine rings is 1. The maximum atomic E-state index is 15.0. The Labute approximate surface area is 252 Å². The quantitative estimate of drug-likeness (QED) is 0.251. The molecular formula is C30H33F4N7O3. The number of nitrogens with zero attached hydrogens (tertiary/aromatic N) is 5. The number of ether oxygens (including phenoxy) is 1. The van der Waals surface area contributed by atoms with Crippen LogP contribution in [0.3, 0.4) is 0 Å². The van der Waals surface area contributed by atoms with Gasteiger partial charge in [-0.1, -0.05) is 18.7 Å². The number of alkyl halides is 3. The molecule has 0 aliphatic carbocycles. The van der Waals surface area contributed by atoms with Crippen molar-refractivity contribution in [2.24, 2.45) is 0 Å². The molecule has 10 nitrogen and oxygen atoms in total. The van der Waals surface area contributed by atoms with Gasteiger partial charge in [0.25, 0.3) is 0 Å². The highest BCUT2D eigenvalue weighted by Crippen LogP contribution is 2.41. The SMILES string of the molecule is C=CC(=O)Nc1cc(Nc2cc(N3OCCC3c3cccc(C(F)(F)F)c3F)ncn2)c(OC)cc1N1CCN(C)C(C)C1. The number of hydrogen-bond acceptors (Lipinski definition) is 9. The van der Waals surface area contributed by atoms with E-state index in [1.807, 2.05) is 6.07 Å². The highest BCUT2D eigenvalue weighted by Gasteiger charge is 2.38. The van der Waals surface area contributed by atoms with E-state index in [0.29, 0.717) is 29.0 Å². The summed E-state index contributed by atoms with van der Waals surface area (Å²) in [6, 6.07) is 7.72. The molecule has 2 atom stereocenters. The van der Waals surface area contributed by atoms with Gasteiger partial charge in [0, 0.05) is 49.8 Å². The van der Waals surface area contributed by atoms with Crippen molar-refractivity contribution in [2.45, 2.75) is 31.6 Å². The van der Waals surface area contributed by atoms with Crippen LogP contribution in [-0.4, -0.2) is 67.2 Å². The van der Waals surface area contributed by atoms with Crippen LogP contribution in [-0.2, 0) is 15.8 Å². The highest BCUT2D eigenvalue weighted by molar-refractivity contribution is 6.02. The zero-order chi connectivity index (χ0) is 31.6. The fourth-order valence-corrected chi connectivity index (χ4v) is 5.33. The van der Waals surface area contributed by atoms with Crippen LogP contribution in [0.5, 0.6) is 5.75 Å². The molecule has 0 bridgehead atoms. The molecule has 0 radical (unpaired) electrons. The molecule has 1 aromatic heterocycles. The van der Waals surface area contributed by atoms with Gasteiger partial charge in [0.1, 0.15) is 23.7 Å². The van der Waals surface area contributed by atoms with Crippen molar-refractivity contribution in [2.75, 3.05) is 61.0 Å². The molecule has 0 saturated carbocycles. The minimum absolute atomic E-state index is 0.150. The third kappa shape index (κ3) is 6.40. The molecule has 0 spiro atoms. The van der Waals surface area contributed by atoms with E-state index in [-0.39, 0.29) is 36.4 Å². The number of rotatable bonds is 8. The lowest BCUT2D eigenvalue weighted by Crippen LogP contribution is -2.50. The predicted octanol–water partition coefficient (Wildman–Crippen LogP) is 5.53. The molecule has 3 aromatic rings. The molecule has 2 unspecified atom stereocenters. The first-order valence-corrected chi connectivity index (χ1v) is 14.0. The number of carbonyl (C=O) groups is 1. The Hall–Kier alpha value is -4.43. The van der Waals surface area contributed by atoms with E-state index in [0.717, 1.165) is 25.3 Å². The number of anilines is 5. The molecule has 2 saturated heterocycles. The van der Waals surface area contributed by atoms with E-state index < -0.39 is 23.6 Å². The van der Waals surface area contributed by atoms with Gasteiger partial charge < -0.3 is 25.2 Å². The molecule has 3 heterocycles. The van der Waals surface area contributed by atoms with Crippen LogP contribution in [0.4, 0.5) is 46.3 Å². The first-order chi connectivity index (χ1) is 21.0. The summed E-state index contributed by atoms with van der Waals surface area (Å²) in [4.78, 5) is 31.0. The summed E-state index contributed by atoms with van der Waals surface area (Å²) in [5.41, 5.74) is 0.302. The Morgan fingerprint density at radius 2 is 1.98 bits per heavy atom. The molecule has 5 rings (SSSR count). The second-order valence-electron chi connectivity index (χ2n) is 10.6. The lowest BCUT2D eigenvalue weighted by Gasteiger charge is -2.40. The van der Waals surface area contributed by atoms with Gasteiger partial charge in [0.2, 0.25) is 5.91 Å². The summed E-state index contributed by atoms with van der Waals surface area (Å²) in [5.74, 6) is -0.739. The number of methoxy groups -OCH3 is 1. The van der Waals surface area contributed by atoms with Gasteiger partial charge in [-0.2, -0.15) is 13.2 Å². The lowest BCUT2D eigenvalue weighted by atomic mass is 10.0. The van der Waals surface area contributed by atoms with Crippen molar-refractivity contribution in [1.82, 2.24) is 14.9 Å². The molecule has 14 heteroatoms. The predicted molar refractivity (Wildman–Crippen MR) is 159 cm³/mol. The largest absolute Gasteiger partial charge is 0.494 e. The topological polar surface area (TPSA) is 95.1 Å². The summed E-state index contributed by atoms with van der Waals surface area (Å²) in [6.45, 7) is 8.16. The zero-order valence-electron chi connectivity index (χ0n) is 24.5. The number of halogens is 4. The van der Waals surface area contributed by atoms with Crippen LogP contribution in [0.25, 0.3) is 0 Å². The standard InChI is InChI=1S/C30H33F4N7O3/c1-5-28(42)38-21-13-22(25(43-4)14-24(21)40-11-10-39(3)18(2)16-40)37-26-15-27(36-17-35-26)41-23(9-12-44-41)19-7-6-8-20(29(19)31)30(32,33)34/h5-8,13-15,17-18,23H,1,9-12,16H2,2-4H3,(H,38,42)(H,35,36,37). The average molecular weight is 616 g/mol. The van der Waals surface area contributed by atoms with Crippen LogP contribution in [0.1, 0.15) is 30.5 Å².